The summed E-state index contributed by atoms with van der Waals surface area (Å²) >= 11 is 0. The summed E-state index contributed by atoms with van der Waals surface area (Å²) < 4.78 is 1.13. The van der Waals surface area contributed by atoms with E-state index in [4.69, 9.17) is 5.73 Å². The van der Waals surface area contributed by atoms with Crippen LogP contribution in [0.15, 0.2) is 29.1 Å². The van der Waals surface area contributed by atoms with Gasteiger partial charge in [-0.3, -0.25) is 9.59 Å². The lowest BCUT2D eigenvalue weighted by molar-refractivity contribution is -0.132. The van der Waals surface area contributed by atoms with Gasteiger partial charge in [-0.1, -0.05) is 17.3 Å². The van der Waals surface area contributed by atoms with Gasteiger partial charge in [0.1, 0.15) is 12.1 Å². The molecule has 1 aromatic heterocycles. The predicted molar refractivity (Wildman–Crippen MR) is 89.4 cm³/mol. The van der Waals surface area contributed by atoms with Crippen LogP contribution in [0.5, 0.6) is 0 Å². The standard InChI is InChI=1S/C15H19N5O2.ClH/c1-10-6-11(7-16)8-19(10)14(21)9-20-15(22)12-4-2-3-5-13(12)17-18-20;/h2-5,10-11H,6-9,16H2,1H3;1H. The van der Waals surface area contributed by atoms with Gasteiger partial charge >= 0.3 is 0 Å². The van der Waals surface area contributed by atoms with Crippen molar-refractivity contribution in [3.05, 3.63) is 34.6 Å². The number of nitrogens with zero attached hydrogens (tertiary/aromatic N) is 4. The molecule has 2 unspecified atom stereocenters. The molecule has 2 atom stereocenters. The maximum absolute atomic E-state index is 12.4. The summed E-state index contributed by atoms with van der Waals surface area (Å²) in [6.45, 7) is 3.14. The fourth-order valence-corrected chi connectivity index (χ4v) is 3.01. The molecule has 2 N–H and O–H groups in total. The molecule has 1 saturated heterocycles. The van der Waals surface area contributed by atoms with Crippen LogP contribution in [0, 0.1) is 5.92 Å². The highest BCUT2D eigenvalue weighted by molar-refractivity contribution is 5.85. The monoisotopic (exact) mass is 337 g/mol. The first-order valence-electron chi connectivity index (χ1n) is 7.42. The normalized spacial score (nSPS) is 20.5. The van der Waals surface area contributed by atoms with Gasteiger partial charge in [-0.2, -0.15) is 0 Å². The van der Waals surface area contributed by atoms with E-state index in [9.17, 15) is 9.59 Å². The zero-order chi connectivity index (χ0) is 15.7. The van der Waals surface area contributed by atoms with Crippen LogP contribution >= 0.6 is 12.4 Å². The summed E-state index contributed by atoms with van der Waals surface area (Å²) in [5.74, 6) is 0.216. The van der Waals surface area contributed by atoms with Crippen LogP contribution in [0.1, 0.15) is 13.3 Å². The molecular formula is C15H20ClN5O2. The first kappa shape index (κ1) is 17.4. The van der Waals surface area contributed by atoms with Gasteiger partial charge in [0.05, 0.1) is 5.39 Å². The molecule has 1 aliphatic heterocycles. The van der Waals surface area contributed by atoms with Crippen molar-refractivity contribution in [1.29, 1.82) is 0 Å². The number of hydrogen-bond donors (Lipinski definition) is 1. The molecule has 23 heavy (non-hydrogen) atoms. The highest BCUT2D eigenvalue weighted by atomic mass is 35.5. The number of hydrogen-bond acceptors (Lipinski definition) is 5. The van der Waals surface area contributed by atoms with Crippen molar-refractivity contribution in [3.63, 3.8) is 0 Å². The minimum Gasteiger partial charge on any atom is -0.338 e. The summed E-state index contributed by atoms with van der Waals surface area (Å²) in [7, 11) is 0. The molecule has 2 heterocycles. The fraction of sp³-hybridized carbons (Fsp3) is 0.467. The molecule has 1 aliphatic rings. The molecule has 2 aromatic rings. The summed E-state index contributed by atoms with van der Waals surface area (Å²) in [6, 6.07) is 7.13. The smallest absolute Gasteiger partial charge is 0.278 e. The number of fused-ring (bicyclic) bond motifs is 1. The van der Waals surface area contributed by atoms with E-state index in [1.165, 1.54) is 0 Å². The van der Waals surface area contributed by atoms with Crippen LogP contribution in [0.25, 0.3) is 10.9 Å². The third kappa shape index (κ3) is 3.35. The average molecular weight is 338 g/mol. The highest BCUT2D eigenvalue weighted by Crippen LogP contribution is 2.22. The molecule has 1 aromatic carbocycles. The second-order valence-electron chi connectivity index (χ2n) is 5.80. The summed E-state index contributed by atoms with van der Waals surface area (Å²) in [5, 5.41) is 8.33. The van der Waals surface area contributed by atoms with Crippen molar-refractivity contribution >= 4 is 29.2 Å². The van der Waals surface area contributed by atoms with Crippen LogP contribution in [-0.2, 0) is 11.3 Å². The lowest BCUT2D eigenvalue weighted by Gasteiger charge is -2.21. The van der Waals surface area contributed by atoms with Crippen molar-refractivity contribution in [3.8, 4) is 0 Å². The number of halogens is 1. The third-order valence-corrected chi connectivity index (χ3v) is 4.23. The first-order chi connectivity index (χ1) is 10.6. The van der Waals surface area contributed by atoms with E-state index >= 15 is 0 Å². The lowest BCUT2D eigenvalue weighted by atomic mass is 10.1. The Balaban J connectivity index is 0.00000192. The van der Waals surface area contributed by atoms with Gasteiger partial charge in [-0.25, -0.2) is 4.68 Å². The Labute approximate surface area is 139 Å². The summed E-state index contributed by atoms with van der Waals surface area (Å²) in [4.78, 5) is 26.6. The maximum atomic E-state index is 12.4. The molecular weight excluding hydrogens is 318 g/mol. The highest BCUT2D eigenvalue weighted by Gasteiger charge is 2.31. The van der Waals surface area contributed by atoms with Gasteiger partial charge in [0, 0.05) is 12.6 Å². The van der Waals surface area contributed by atoms with Crippen molar-refractivity contribution in [2.75, 3.05) is 13.1 Å². The number of rotatable bonds is 3. The van der Waals surface area contributed by atoms with Crippen LogP contribution in [0.3, 0.4) is 0 Å². The van der Waals surface area contributed by atoms with E-state index in [0.29, 0.717) is 29.9 Å². The van der Waals surface area contributed by atoms with Gasteiger partial charge in [0.15, 0.2) is 0 Å². The van der Waals surface area contributed by atoms with Gasteiger partial charge in [0.2, 0.25) is 5.91 Å². The Morgan fingerprint density at radius 1 is 1.39 bits per heavy atom. The molecule has 1 fully saturated rings. The Kier molecular flexibility index (Phi) is 5.33. The first-order valence-corrected chi connectivity index (χ1v) is 7.42. The van der Waals surface area contributed by atoms with Gasteiger partial charge < -0.3 is 10.6 Å². The quantitative estimate of drug-likeness (QED) is 0.875. The fourth-order valence-electron chi connectivity index (χ4n) is 3.01. The number of carbonyl (C=O) groups excluding carboxylic acids is 1. The molecule has 0 spiro atoms. The molecule has 0 saturated carbocycles. The minimum absolute atomic E-state index is 0. The number of benzene rings is 1. The maximum Gasteiger partial charge on any atom is 0.278 e. The van der Waals surface area contributed by atoms with E-state index in [-0.39, 0.29) is 36.5 Å². The van der Waals surface area contributed by atoms with Crippen LogP contribution < -0.4 is 11.3 Å². The van der Waals surface area contributed by atoms with E-state index in [1.807, 2.05) is 6.92 Å². The van der Waals surface area contributed by atoms with E-state index in [0.717, 1.165) is 11.1 Å². The summed E-state index contributed by atoms with van der Waals surface area (Å²) in [5.41, 5.74) is 5.93. The number of aromatic nitrogens is 3. The second-order valence-corrected chi connectivity index (χ2v) is 5.80. The van der Waals surface area contributed by atoms with Crippen molar-refractivity contribution in [2.45, 2.75) is 25.9 Å². The zero-order valence-corrected chi connectivity index (χ0v) is 13.7. The lowest BCUT2D eigenvalue weighted by Crippen LogP contribution is -2.39. The second kappa shape index (κ2) is 7.06. The Hall–Kier alpha value is -1.99. The number of nitrogens with two attached hydrogens (primary N) is 1. The van der Waals surface area contributed by atoms with Crippen LogP contribution in [0.2, 0.25) is 0 Å². The van der Waals surface area contributed by atoms with Gasteiger partial charge in [-0.05, 0) is 37.9 Å². The third-order valence-electron chi connectivity index (χ3n) is 4.23. The van der Waals surface area contributed by atoms with Gasteiger partial charge in [0.25, 0.3) is 5.56 Å². The predicted octanol–water partition coefficient (Wildman–Crippen LogP) is 0.409. The Morgan fingerprint density at radius 2 is 2.13 bits per heavy atom. The molecule has 0 aliphatic carbocycles. The van der Waals surface area contributed by atoms with Crippen molar-refractivity contribution in [2.24, 2.45) is 11.7 Å². The van der Waals surface area contributed by atoms with E-state index in [1.54, 1.807) is 29.2 Å². The number of carbonyl (C=O) groups is 1. The molecule has 3 rings (SSSR count). The molecule has 1 amide bonds. The number of likely N-dealkylation sites (tertiary alicyclic amines) is 1. The van der Waals surface area contributed by atoms with Crippen molar-refractivity contribution < 1.29 is 4.79 Å². The topological polar surface area (TPSA) is 94.1 Å². The molecule has 7 nitrogen and oxygen atoms in total. The molecule has 0 radical (unpaired) electrons. The van der Waals surface area contributed by atoms with Gasteiger partial charge in [-0.15, -0.1) is 17.5 Å². The molecule has 8 heteroatoms. The van der Waals surface area contributed by atoms with Crippen LogP contribution in [-0.4, -0.2) is 44.9 Å². The summed E-state index contributed by atoms with van der Waals surface area (Å²) in [6.07, 6.45) is 0.903. The van der Waals surface area contributed by atoms with Crippen LogP contribution in [0.4, 0.5) is 0 Å². The SMILES string of the molecule is CC1CC(CN)CN1C(=O)Cn1nnc2ccccc2c1=O.Cl. The van der Waals surface area contributed by atoms with Crippen molar-refractivity contribution in [1.82, 2.24) is 19.9 Å². The van der Waals surface area contributed by atoms with E-state index in [2.05, 4.69) is 10.3 Å². The average Bonchev–Trinajstić information content (AvgIpc) is 2.91. The van der Waals surface area contributed by atoms with E-state index < -0.39 is 0 Å². The molecule has 0 bridgehead atoms. The zero-order valence-electron chi connectivity index (χ0n) is 12.9. The molecule has 124 valence electrons. The number of amides is 1. The Morgan fingerprint density at radius 3 is 2.83 bits per heavy atom. The minimum atomic E-state index is -0.291. The largest absolute Gasteiger partial charge is 0.338 e. The Bertz CT molecular complexity index is 763.